The highest BCUT2D eigenvalue weighted by Crippen LogP contribution is 2.21. The van der Waals surface area contributed by atoms with Crippen LogP contribution in [0.25, 0.3) is 0 Å². The molecule has 2 rings (SSSR count). The summed E-state index contributed by atoms with van der Waals surface area (Å²) >= 11 is 1.60. The van der Waals surface area contributed by atoms with Crippen LogP contribution in [0, 0.1) is 0 Å². The van der Waals surface area contributed by atoms with Crippen molar-refractivity contribution in [2.75, 3.05) is 6.54 Å². The van der Waals surface area contributed by atoms with Crippen LogP contribution >= 0.6 is 11.3 Å². The van der Waals surface area contributed by atoms with Crippen LogP contribution in [0.15, 0.2) is 17.5 Å². The van der Waals surface area contributed by atoms with Crippen LogP contribution in [0.5, 0.6) is 0 Å². The predicted molar refractivity (Wildman–Crippen MR) is 82.1 cm³/mol. The van der Waals surface area contributed by atoms with Crippen molar-refractivity contribution in [2.24, 2.45) is 0 Å². The van der Waals surface area contributed by atoms with Gasteiger partial charge in [0.25, 0.3) is 0 Å². The van der Waals surface area contributed by atoms with E-state index in [9.17, 15) is 9.59 Å². The number of carbonyl (C=O) groups excluding carboxylic acids is 2. The number of thiophene rings is 1. The lowest BCUT2D eigenvalue weighted by molar-refractivity contribution is -0.125. The number of carbonyl (C=O) groups is 2. The van der Waals surface area contributed by atoms with E-state index >= 15 is 0 Å². The fraction of sp³-hybridized carbons (Fsp3) is 0.600. The Labute approximate surface area is 129 Å². The van der Waals surface area contributed by atoms with E-state index in [-0.39, 0.29) is 5.91 Å². The lowest BCUT2D eigenvalue weighted by atomic mass is 10.2. The van der Waals surface area contributed by atoms with Gasteiger partial charge in [0, 0.05) is 11.4 Å². The van der Waals surface area contributed by atoms with E-state index < -0.39 is 17.7 Å². The number of nitrogens with one attached hydrogen (secondary N) is 1. The van der Waals surface area contributed by atoms with Crippen molar-refractivity contribution in [1.82, 2.24) is 10.2 Å². The molecule has 1 N–H and O–H groups in total. The second kappa shape index (κ2) is 6.47. The molecule has 1 aliphatic rings. The van der Waals surface area contributed by atoms with Gasteiger partial charge in [0.1, 0.15) is 11.6 Å². The van der Waals surface area contributed by atoms with E-state index in [1.54, 1.807) is 11.3 Å². The molecule has 0 bridgehead atoms. The fourth-order valence-electron chi connectivity index (χ4n) is 2.28. The molecule has 2 amide bonds. The van der Waals surface area contributed by atoms with Gasteiger partial charge < -0.3 is 10.1 Å². The zero-order chi connectivity index (χ0) is 15.5. The molecule has 0 unspecified atom stereocenters. The summed E-state index contributed by atoms with van der Waals surface area (Å²) in [6.45, 7) is 6.56. The SMILES string of the molecule is CC(C)(C)OC(=O)N1CCC[C@H]1C(=O)NCc1cccs1. The standard InChI is InChI=1S/C15H22N2O3S/c1-15(2,3)20-14(19)17-8-4-7-12(17)13(18)16-10-11-6-5-9-21-11/h5-6,9,12H,4,7-8,10H2,1-3H3,(H,16,18)/t12-/m0/s1. The summed E-state index contributed by atoms with van der Waals surface area (Å²) in [6, 6.07) is 3.51. The average Bonchev–Trinajstić information content (AvgIpc) is 3.05. The predicted octanol–water partition coefficient (Wildman–Crippen LogP) is 2.76. The Kier molecular flexibility index (Phi) is 4.88. The van der Waals surface area contributed by atoms with Crippen molar-refractivity contribution in [3.05, 3.63) is 22.4 Å². The minimum absolute atomic E-state index is 0.105. The van der Waals surface area contributed by atoms with Crippen molar-refractivity contribution in [3.63, 3.8) is 0 Å². The monoisotopic (exact) mass is 310 g/mol. The van der Waals surface area contributed by atoms with Crippen molar-refractivity contribution in [1.29, 1.82) is 0 Å². The number of hydrogen-bond acceptors (Lipinski definition) is 4. The topological polar surface area (TPSA) is 58.6 Å². The molecule has 1 fully saturated rings. The molecule has 0 spiro atoms. The number of amides is 2. The minimum atomic E-state index is -0.544. The highest BCUT2D eigenvalue weighted by molar-refractivity contribution is 7.09. The highest BCUT2D eigenvalue weighted by Gasteiger charge is 2.36. The first-order valence-corrected chi connectivity index (χ1v) is 8.04. The van der Waals surface area contributed by atoms with Gasteiger partial charge >= 0.3 is 6.09 Å². The molecule has 2 heterocycles. The molecule has 0 radical (unpaired) electrons. The summed E-state index contributed by atoms with van der Waals surface area (Å²) in [5.74, 6) is -0.105. The van der Waals surface area contributed by atoms with Crippen LogP contribution in [-0.4, -0.2) is 35.1 Å². The van der Waals surface area contributed by atoms with E-state index in [1.807, 2.05) is 38.3 Å². The van der Waals surface area contributed by atoms with Crippen molar-refractivity contribution in [3.8, 4) is 0 Å². The molecular formula is C15H22N2O3S. The smallest absolute Gasteiger partial charge is 0.410 e. The Bertz CT molecular complexity index is 494. The molecule has 1 aliphatic heterocycles. The van der Waals surface area contributed by atoms with E-state index in [4.69, 9.17) is 4.74 Å². The molecule has 0 aliphatic carbocycles. The summed E-state index contributed by atoms with van der Waals surface area (Å²) < 4.78 is 5.36. The van der Waals surface area contributed by atoms with Crippen LogP contribution in [0.3, 0.4) is 0 Å². The maximum absolute atomic E-state index is 12.3. The number of rotatable bonds is 3. The lowest BCUT2D eigenvalue weighted by Crippen LogP contribution is -2.47. The summed E-state index contributed by atoms with van der Waals surface area (Å²) in [7, 11) is 0. The van der Waals surface area contributed by atoms with E-state index in [0.717, 1.165) is 11.3 Å². The van der Waals surface area contributed by atoms with Gasteiger partial charge in [-0.15, -0.1) is 11.3 Å². The first kappa shape index (κ1) is 15.8. The maximum atomic E-state index is 12.3. The summed E-state index contributed by atoms with van der Waals surface area (Å²) in [4.78, 5) is 27.0. The third-order valence-corrected chi connectivity index (χ3v) is 4.08. The third-order valence-electron chi connectivity index (χ3n) is 3.20. The molecule has 1 atom stereocenters. The molecule has 5 nitrogen and oxygen atoms in total. The van der Waals surface area contributed by atoms with Gasteiger partial charge in [-0.3, -0.25) is 9.69 Å². The van der Waals surface area contributed by atoms with Gasteiger partial charge in [0.15, 0.2) is 0 Å². The van der Waals surface area contributed by atoms with Crippen LogP contribution < -0.4 is 5.32 Å². The summed E-state index contributed by atoms with van der Waals surface area (Å²) in [5.41, 5.74) is -0.544. The van der Waals surface area contributed by atoms with Gasteiger partial charge in [0.05, 0.1) is 6.54 Å². The van der Waals surface area contributed by atoms with Crippen LogP contribution in [-0.2, 0) is 16.1 Å². The quantitative estimate of drug-likeness (QED) is 0.934. The molecule has 6 heteroatoms. The van der Waals surface area contributed by atoms with Gasteiger partial charge in [0.2, 0.25) is 5.91 Å². The third kappa shape index (κ3) is 4.46. The van der Waals surface area contributed by atoms with E-state index in [0.29, 0.717) is 19.5 Å². The number of likely N-dealkylation sites (tertiary alicyclic amines) is 1. The molecular weight excluding hydrogens is 288 g/mol. The van der Waals surface area contributed by atoms with Crippen molar-refractivity contribution in [2.45, 2.75) is 51.8 Å². The normalized spacial score (nSPS) is 18.6. The Morgan fingerprint density at radius 2 is 2.24 bits per heavy atom. The molecule has 1 aromatic rings. The highest BCUT2D eigenvalue weighted by atomic mass is 32.1. The largest absolute Gasteiger partial charge is 0.444 e. The molecule has 0 saturated carbocycles. The second-order valence-electron chi connectivity index (χ2n) is 6.13. The Morgan fingerprint density at radius 3 is 2.86 bits per heavy atom. The van der Waals surface area contributed by atoms with E-state index in [1.165, 1.54) is 4.90 Å². The Morgan fingerprint density at radius 1 is 1.48 bits per heavy atom. The van der Waals surface area contributed by atoms with E-state index in [2.05, 4.69) is 5.32 Å². The van der Waals surface area contributed by atoms with Gasteiger partial charge in [-0.2, -0.15) is 0 Å². The summed E-state index contributed by atoms with van der Waals surface area (Å²) in [5, 5.41) is 4.87. The fourth-order valence-corrected chi connectivity index (χ4v) is 2.93. The van der Waals surface area contributed by atoms with Crippen LogP contribution in [0.2, 0.25) is 0 Å². The molecule has 116 valence electrons. The Hall–Kier alpha value is -1.56. The van der Waals surface area contributed by atoms with Gasteiger partial charge in [-0.1, -0.05) is 6.07 Å². The number of hydrogen-bond donors (Lipinski definition) is 1. The first-order chi connectivity index (χ1) is 9.87. The first-order valence-electron chi connectivity index (χ1n) is 7.16. The van der Waals surface area contributed by atoms with Crippen LogP contribution in [0.1, 0.15) is 38.5 Å². The molecule has 0 aromatic carbocycles. The van der Waals surface area contributed by atoms with Crippen LogP contribution in [0.4, 0.5) is 4.79 Å². The zero-order valence-electron chi connectivity index (χ0n) is 12.7. The average molecular weight is 310 g/mol. The van der Waals surface area contributed by atoms with Crippen molar-refractivity contribution < 1.29 is 14.3 Å². The van der Waals surface area contributed by atoms with Gasteiger partial charge in [-0.05, 0) is 45.1 Å². The lowest BCUT2D eigenvalue weighted by Gasteiger charge is -2.28. The molecule has 1 saturated heterocycles. The zero-order valence-corrected chi connectivity index (χ0v) is 13.5. The van der Waals surface area contributed by atoms with Crippen molar-refractivity contribution >= 4 is 23.3 Å². The number of ether oxygens (including phenoxy) is 1. The molecule has 21 heavy (non-hydrogen) atoms. The molecule has 1 aromatic heterocycles. The Balaban J connectivity index is 1.91. The van der Waals surface area contributed by atoms with Gasteiger partial charge in [-0.25, -0.2) is 4.79 Å². The minimum Gasteiger partial charge on any atom is -0.444 e. The summed E-state index contributed by atoms with van der Waals surface area (Å²) in [6.07, 6.45) is 1.11. The second-order valence-corrected chi connectivity index (χ2v) is 7.16. The maximum Gasteiger partial charge on any atom is 0.410 e. The number of nitrogens with zero attached hydrogens (tertiary/aromatic N) is 1.